The molecule has 0 aliphatic rings. The van der Waals surface area contributed by atoms with Crippen LogP contribution in [-0.4, -0.2) is 9.68 Å². The first-order valence-electron chi connectivity index (χ1n) is 2.44. The van der Waals surface area contributed by atoms with Crippen LogP contribution in [-0.2, 0) is 0 Å². The lowest BCUT2D eigenvalue weighted by Crippen LogP contribution is -1.70. The van der Waals surface area contributed by atoms with Gasteiger partial charge in [-0.2, -0.15) is 0 Å². The highest BCUT2D eigenvalue weighted by atomic mass is 32.2. The lowest BCUT2D eigenvalue weighted by molar-refractivity contribution is 1.24. The quantitative estimate of drug-likeness (QED) is 0.479. The Morgan fingerprint density at radius 1 is 1.67 bits per heavy atom. The van der Waals surface area contributed by atoms with Crippen LogP contribution in [0.15, 0.2) is 29.4 Å². The molecule has 1 heterocycles. The van der Waals surface area contributed by atoms with Gasteiger partial charge in [0.2, 0.25) is 0 Å². The average Bonchev–Trinajstić information content (AvgIpc) is 1.91. The van der Waals surface area contributed by atoms with Crippen molar-refractivity contribution in [3.8, 4) is 0 Å². The van der Waals surface area contributed by atoms with Gasteiger partial charge in [-0.05, 0) is 12.1 Å². The van der Waals surface area contributed by atoms with Crippen molar-refractivity contribution in [2.75, 3.05) is 0 Å². The lowest BCUT2D eigenvalue weighted by atomic mass is 10.5. The van der Waals surface area contributed by atoms with Gasteiger partial charge >= 0.3 is 0 Å². The van der Waals surface area contributed by atoms with E-state index in [1.165, 1.54) is 11.8 Å². The first-order chi connectivity index (χ1) is 4.43. The third-order valence-electron chi connectivity index (χ3n) is 0.819. The van der Waals surface area contributed by atoms with Crippen LogP contribution < -0.4 is 0 Å². The van der Waals surface area contributed by atoms with E-state index in [4.69, 9.17) is 0 Å². The summed E-state index contributed by atoms with van der Waals surface area (Å²) in [5.74, 6) is 0. The van der Waals surface area contributed by atoms with Crippen LogP contribution in [0.5, 0.6) is 0 Å². The molecule has 0 fully saturated rings. The van der Waals surface area contributed by atoms with Crippen LogP contribution in [0.2, 0.25) is 0 Å². The first kappa shape index (κ1) is 6.71. The lowest BCUT2D eigenvalue weighted by Gasteiger charge is -1.88. The Labute approximate surface area is 63.5 Å². The van der Waals surface area contributed by atoms with Crippen LogP contribution in [0, 0.1) is 0 Å². The molecule has 9 heavy (non-hydrogen) atoms. The van der Waals surface area contributed by atoms with E-state index in [1.54, 1.807) is 17.1 Å². The Morgan fingerprint density at radius 3 is 3.11 bits per heavy atom. The smallest absolute Gasteiger partial charge is 0.0407 e. The molecule has 0 amide bonds. The normalized spacial score (nSPS) is 8.89. The largest absolute Gasteiger partial charge is 0.264 e. The summed E-state index contributed by atoms with van der Waals surface area (Å²) in [5, 5.41) is 0. The highest BCUT2D eigenvalue weighted by Gasteiger charge is 1.84. The molecule has 1 nitrogen and oxygen atoms in total. The SMILES string of the molecule is S=CSc1cccnc1. The number of hydrogen-bond donors (Lipinski definition) is 0. The second-order valence-corrected chi connectivity index (χ2v) is 2.88. The van der Waals surface area contributed by atoms with Crippen molar-refractivity contribution in [3.05, 3.63) is 24.5 Å². The highest BCUT2D eigenvalue weighted by molar-refractivity contribution is 8.20. The Morgan fingerprint density at radius 2 is 2.56 bits per heavy atom. The minimum Gasteiger partial charge on any atom is -0.264 e. The minimum atomic E-state index is 1.09. The van der Waals surface area contributed by atoms with Crippen LogP contribution in [0.3, 0.4) is 0 Å². The van der Waals surface area contributed by atoms with Crippen molar-refractivity contribution >= 4 is 28.7 Å². The van der Waals surface area contributed by atoms with Crippen LogP contribution in [0.1, 0.15) is 0 Å². The van der Waals surface area contributed by atoms with Crippen LogP contribution >= 0.6 is 24.0 Å². The molecule has 0 saturated carbocycles. The Balaban J connectivity index is 2.72. The van der Waals surface area contributed by atoms with E-state index in [0.29, 0.717) is 0 Å². The molecular formula is C6H5NS2. The second kappa shape index (κ2) is 3.58. The van der Waals surface area contributed by atoms with E-state index in [0.717, 1.165) is 4.90 Å². The fourth-order valence-corrected chi connectivity index (χ4v) is 1.20. The molecule has 3 heteroatoms. The van der Waals surface area contributed by atoms with Crippen molar-refractivity contribution in [2.24, 2.45) is 0 Å². The number of thiocarbonyl (C=S) groups is 1. The summed E-state index contributed by atoms with van der Waals surface area (Å²) in [7, 11) is 0. The predicted octanol–water partition coefficient (Wildman–Crippen LogP) is 2.13. The molecule has 0 N–H and O–H groups in total. The molecular weight excluding hydrogens is 150 g/mol. The molecule has 0 radical (unpaired) electrons. The maximum atomic E-state index is 4.64. The van der Waals surface area contributed by atoms with Crippen LogP contribution in [0.25, 0.3) is 0 Å². The van der Waals surface area contributed by atoms with Crippen molar-refractivity contribution in [1.29, 1.82) is 0 Å². The van der Waals surface area contributed by atoms with Gasteiger partial charge in [-0.15, -0.1) is 0 Å². The number of aromatic nitrogens is 1. The van der Waals surface area contributed by atoms with Gasteiger partial charge in [-0.3, -0.25) is 4.98 Å². The summed E-state index contributed by atoms with van der Waals surface area (Å²) < 4.78 is 1.62. The molecule has 1 rings (SSSR count). The first-order valence-corrected chi connectivity index (χ1v) is 3.79. The van der Waals surface area contributed by atoms with Crippen molar-refractivity contribution < 1.29 is 0 Å². The fourth-order valence-electron chi connectivity index (χ4n) is 0.472. The molecule has 0 saturated heterocycles. The number of nitrogens with zero attached hydrogens (tertiary/aromatic N) is 1. The van der Waals surface area contributed by atoms with Gasteiger partial charge < -0.3 is 0 Å². The molecule has 0 aromatic carbocycles. The van der Waals surface area contributed by atoms with Gasteiger partial charge in [0.05, 0.1) is 0 Å². The Bertz CT molecular complexity index is 186. The van der Waals surface area contributed by atoms with Crippen LogP contribution in [0.4, 0.5) is 0 Å². The fraction of sp³-hybridized carbons (Fsp3) is 0. The summed E-state index contributed by atoms with van der Waals surface area (Å²) in [6, 6.07) is 3.86. The van der Waals surface area contributed by atoms with E-state index in [9.17, 15) is 0 Å². The molecule has 46 valence electrons. The van der Waals surface area contributed by atoms with E-state index in [2.05, 4.69) is 17.2 Å². The monoisotopic (exact) mass is 155 g/mol. The van der Waals surface area contributed by atoms with E-state index in [1.807, 2.05) is 12.1 Å². The molecule has 0 bridgehead atoms. The molecule has 0 spiro atoms. The summed E-state index contributed by atoms with van der Waals surface area (Å²) in [6.07, 6.45) is 3.53. The predicted molar refractivity (Wildman–Crippen MR) is 43.7 cm³/mol. The Kier molecular flexibility index (Phi) is 2.67. The van der Waals surface area contributed by atoms with E-state index in [-0.39, 0.29) is 0 Å². The molecule has 0 unspecified atom stereocenters. The molecule has 1 aromatic rings. The second-order valence-electron chi connectivity index (χ2n) is 1.40. The third-order valence-corrected chi connectivity index (χ3v) is 1.72. The molecule has 0 aliphatic heterocycles. The third kappa shape index (κ3) is 2.11. The molecule has 0 atom stereocenters. The summed E-state index contributed by atoms with van der Waals surface area (Å²) in [5.41, 5.74) is 0. The van der Waals surface area contributed by atoms with Gasteiger partial charge in [0, 0.05) is 22.0 Å². The highest BCUT2D eigenvalue weighted by Crippen LogP contribution is 2.11. The van der Waals surface area contributed by atoms with E-state index >= 15 is 0 Å². The number of pyridine rings is 1. The molecule has 0 aliphatic carbocycles. The zero-order chi connectivity index (χ0) is 6.53. The zero-order valence-electron chi connectivity index (χ0n) is 4.65. The average molecular weight is 155 g/mol. The maximum absolute atomic E-state index is 4.64. The van der Waals surface area contributed by atoms with Gasteiger partial charge in [-0.1, -0.05) is 24.0 Å². The zero-order valence-corrected chi connectivity index (χ0v) is 6.28. The molecule has 1 aromatic heterocycles. The standard InChI is InChI=1S/C6H5NS2/c8-5-9-6-2-1-3-7-4-6/h1-5H. The van der Waals surface area contributed by atoms with E-state index < -0.39 is 0 Å². The van der Waals surface area contributed by atoms with Crippen molar-refractivity contribution in [2.45, 2.75) is 4.90 Å². The topological polar surface area (TPSA) is 12.9 Å². The Hall–Kier alpha value is -0.410. The summed E-state index contributed by atoms with van der Waals surface area (Å²) >= 11 is 6.15. The number of thioether (sulfide) groups is 1. The van der Waals surface area contributed by atoms with Gasteiger partial charge in [0.15, 0.2) is 0 Å². The van der Waals surface area contributed by atoms with Gasteiger partial charge in [-0.25, -0.2) is 0 Å². The number of hydrogen-bond acceptors (Lipinski definition) is 3. The minimum absolute atomic E-state index is 1.09. The number of rotatable bonds is 2. The summed E-state index contributed by atoms with van der Waals surface area (Å²) in [6.45, 7) is 0. The van der Waals surface area contributed by atoms with Crippen molar-refractivity contribution in [3.63, 3.8) is 0 Å². The van der Waals surface area contributed by atoms with Gasteiger partial charge in [0.25, 0.3) is 0 Å². The summed E-state index contributed by atoms with van der Waals surface area (Å²) in [4.78, 5) is 5.01. The maximum Gasteiger partial charge on any atom is 0.0407 e. The van der Waals surface area contributed by atoms with Crippen molar-refractivity contribution in [1.82, 2.24) is 4.98 Å². The van der Waals surface area contributed by atoms with Gasteiger partial charge in [0.1, 0.15) is 0 Å².